The van der Waals surface area contributed by atoms with Gasteiger partial charge >= 0.3 is 0 Å². The van der Waals surface area contributed by atoms with Gasteiger partial charge in [-0.1, -0.05) is 24.3 Å². The maximum atomic E-state index is 11.9. The van der Waals surface area contributed by atoms with Crippen LogP contribution >= 0.6 is 0 Å². The zero-order valence-corrected chi connectivity index (χ0v) is 14.1. The summed E-state index contributed by atoms with van der Waals surface area (Å²) in [5, 5.41) is 19.3. The SMILES string of the molecule is COS(=O)(=O)c1cc(O)c2c(N=Nc3ccccc3)c(N)ccc2c1. The lowest BCUT2D eigenvalue weighted by Crippen LogP contribution is -2.02. The number of anilines is 1. The predicted molar refractivity (Wildman–Crippen MR) is 94.8 cm³/mol. The van der Waals surface area contributed by atoms with Gasteiger partial charge in [0.25, 0.3) is 10.1 Å². The van der Waals surface area contributed by atoms with E-state index in [1.54, 1.807) is 24.3 Å². The normalized spacial score (nSPS) is 12.0. The van der Waals surface area contributed by atoms with E-state index in [1.165, 1.54) is 6.07 Å². The third kappa shape index (κ3) is 3.30. The number of phenols is 1. The molecule has 0 saturated carbocycles. The lowest BCUT2D eigenvalue weighted by Gasteiger charge is -2.09. The summed E-state index contributed by atoms with van der Waals surface area (Å²) in [5.74, 6) is -0.276. The summed E-state index contributed by atoms with van der Waals surface area (Å²) in [4.78, 5) is -0.157. The molecular weight excluding hydrogens is 342 g/mol. The van der Waals surface area contributed by atoms with E-state index in [9.17, 15) is 13.5 Å². The topological polar surface area (TPSA) is 114 Å². The number of fused-ring (bicyclic) bond motifs is 1. The van der Waals surface area contributed by atoms with E-state index in [1.807, 2.05) is 18.2 Å². The molecule has 0 aliphatic rings. The van der Waals surface area contributed by atoms with Gasteiger partial charge < -0.3 is 10.8 Å². The number of phenolic OH excluding ortho intramolecular Hbond substituents is 1. The van der Waals surface area contributed by atoms with Crippen molar-refractivity contribution in [2.75, 3.05) is 12.8 Å². The second-order valence-electron chi connectivity index (χ2n) is 5.20. The molecule has 0 aliphatic carbocycles. The summed E-state index contributed by atoms with van der Waals surface area (Å²) in [7, 11) is -2.88. The maximum absolute atomic E-state index is 11.9. The number of nitrogens with zero attached hydrogens (tertiary/aromatic N) is 2. The Hall–Kier alpha value is -2.97. The Morgan fingerprint density at radius 1 is 1.04 bits per heavy atom. The van der Waals surface area contributed by atoms with Crippen LogP contribution in [0.3, 0.4) is 0 Å². The molecule has 0 aromatic heterocycles. The van der Waals surface area contributed by atoms with Crippen molar-refractivity contribution in [3.63, 3.8) is 0 Å². The molecule has 0 amide bonds. The van der Waals surface area contributed by atoms with E-state index in [0.29, 0.717) is 22.1 Å². The summed E-state index contributed by atoms with van der Waals surface area (Å²) < 4.78 is 28.2. The molecule has 3 aromatic carbocycles. The summed E-state index contributed by atoms with van der Waals surface area (Å²) in [6.07, 6.45) is 0. The fraction of sp³-hybridized carbons (Fsp3) is 0.0588. The molecule has 0 atom stereocenters. The minimum atomic E-state index is -3.94. The highest BCUT2D eigenvalue weighted by Crippen LogP contribution is 2.40. The number of nitrogen functional groups attached to an aromatic ring is 1. The van der Waals surface area contributed by atoms with Crippen LogP contribution in [0.4, 0.5) is 17.1 Å². The van der Waals surface area contributed by atoms with Crippen LogP contribution in [0.25, 0.3) is 10.8 Å². The third-order valence-electron chi connectivity index (χ3n) is 3.60. The Kier molecular flexibility index (Phi) is 4.39. The van der Waals surface area contributed by atoms with Gasteiger partial charge in [-0.3, -0.25) is 4.18 Å². The average Bonchev–Trinajstić information content (AvgIpc) is 2.61. The molecule has 7 nitrogen and oxygen atoms in total. The van der Waals surface area contributed by atoms with E-state index >= 15 is 0 Å². The first-order valence-electron chi connectivity index (χ1n) is 7.25. The fourth-order valence-electron chi connectivity index (χ4n) is 2.36. The van der Waals surface area contributed by atoms with Crippen molar-refractivity contribution < 1.29 is 17.7 Å². The van der Waals surface area contributed by atoms with Crippen LogP contribution in [0.15, 0.2) is 69.7 Å². The lowest BCUT2D eigenvalue weighted by molar-refractivity contribution is 0.397. The van der Waals surface area contributed by atoms with E-state index in [4.69, 9.17) is 5.73 Å². The Morgan fingerprint density at radius 2 is 1.76 bits per heavy atom. The number of benzene rings is 3. The molecule has 0 aliphatic heterocycles. The average molecular weight is 357 g/mol. The highest BCUT2D eigenvalue weighted by molar-refractivity contribution is 7.86. The third-order valence-corrected chi connectivity index (χ3v) is 4.86. The molecule has 0 fully saturated rings. The van der Waals surface area contributed by atoms with Gasteiger partial charge in [0.05, 0.1) is 28.8 Å². The first-order valence-corrected chi connectivity index (χ1v) is 8.66. The van der Waals surface area contributed by atoms with Gasteiger partial charge in [0.2, 0.25) is 0 Å². The minimum Gasteiger partial charge on any atom is -0.507 e. The second-order valence-corrected chi connectivity index (χ2v) is 6.91. The van der Waals surface area contributed by atoms with Crippen LogP contribution in [-0.4, -0.2) is 20.6 Å². The molecule has 0 spiro atoms. The number of azo groups is 1. The molecule has 0 heterocycles. The van der Waals surface area contributed by atoms with Gasteiger partial charge in [0, 0.05) is 6.07 Å². The number of hydrogen-bond acceptors (Lipinski definition) is 7. The van der Waals surface area contributed by atoms with Crippen LogP contribution in [0.5, 0.6) is 5.75 Å². The summed E-state index contributed by atoms with van der Waals surface area (Å²) >= 11 is 0. The standard InChI is InChI=1S/C17H15N3O4S/c1-24-25(22,23)13-9-11-7-8-14(18)17(16(11)15(21)10-13)20-19-12-5-3-2-4-6-12/h2-10,21H,18H2,1H3. The van der Waals surface area contributed by atoms with Gasteiger partial charge in [-0.25, -0.2) is 0 Å². The van der Waals surface area contributed by atoms with Gasteiger partial charge in [-0.05, 0) is 29.7 Å². The minimum absolute atomic E-state index is 0.157. The van der Waals surface area contributed by atoms with Crippen LogP contribution < -0.4 is 5.73 Å². The van der Waals surface area contributed by atoms with Crippen molar-refractivity contribution in [1.82, 2.24) is 0 Å². The Labute approximate surface area is 144 Å². The second kappa shape index (κ2) is 6.50. The number of hydrogen-bond donors (Lipinski definition) is 2. The van der Waals surface area contributed by atoms with Crippen molar-refractivity contribution in [3.8, 4) is 5.75 Å². The van der Waals surface area contributed by atoms with Crippen molar-refractivity contribution in [3.05, 3.63) is 54.6 Å². The van der Waals surface area contributed by atoms with E-state index in [-0.39, 0.29) is 16.3 Å². The van der Waals surface area contributed by atoms with Crippen molar-refractivity contribution in [2.24, 2.45) is 10.2 Å². The first kappa shape index (κ1) is 16.9. The van der Waals surface area contributed by atoms with Gasteiger partial charge in [-0.2, -0.15) is 13.5 Å². The maximum Gasteiger partial charge on any atom is 0.296 e. The molecule has 25 heavy (non-hydrogen) atoms. The molecular formula is C17H15N3O4S. The molecule has 3 aromatic rings. The largest absolute Gasteiger partial charge is 0.507 e. The number of nitrogens with two attached hydrogens (primary N) is 1. The smallest absolute Gasteiger partial charge is 0.296 e. The summed E-state index contributed by atoms with van der Waals surface area (Å²) in [5.41, 5.74) is 7.16. The van der Waals surface area contributed by atoms with Crippen molar-refractivity contribution >= 4 is 38.0 Å². The highest BCUT2D eigenvalue weighted by Gasteiger charge is 2.18. The molecule has 0 saturated heterocycles. The van der Waals surface area contributed by atoms with Crippen LogP contribution in [-0.2, 0) is 14.3 Å². The van der Waals surface area contributed by atoms with E-state index < -0.39 is 10.1 Å². The molecule has 3 N–H and O–H groups in total. The number of rotatable bonds is 4. The zero-order chi connectivity index (χ0) is 18.0. The highest BCUT2D eigenvalue weighted by atomic mass is 32.2. The van der Waals surface area contributed by atoms with Gasteiger partial charge in [0.15, 0.2) is 0 Å². The molecule has 0 unspecified atom stereocenters. The Balaban J connectivity index is 2.19. The van der Waals surface area contributed by atoms with Crippen LogP contribution in [0.2, 0.25) is 0 Å². The van der Waals surface area contributed by atoms with Gasteiger partial charge in [-0.15, -0.1) is 5.11 Å². The van der Waals surface area contributed by atoms with Crippen molar-refractivity contribution in [1.29, 1.82) is 0 Å². The molecule has 8 heteroatoms. The molecule has 0 bridgehead atoms. The molecule has 3 rings (SSSR count). The lowest BCUT2D eigenvalue weighted by atomic mass is 10.1. The Bertz CT molecular complexity index is 1060. The van der Waals surface area contributed by atoms with E-state index in [0.717, 1.165) is 13.2 Å². The number of aromatic hydroxyl groups is 1. The predicted octanol–water partition coefficient (Wildman–Crippen LogP) is 3.88. The van der Waals surface area contributed by atoms with Crippen molar-refractivity contribution in [2.45, 2.75) is 4.90 Å². The first-order chi connectivity index (χ1) is 11.9. The molecule has 0 radical (unpaired) electrons. The quantitative estimate of drug-likeness (QED) is 0.418. The molecule has 128 valence electrons. The van der Waals surface area contributed by atoms with E-state index in [2.05, 4.69) is 14.4 Å². The summed E-state index contributed by atoms with van der Waals surface area (Å²) in [6.45, 7) is 0. The Morgan fingerprint density at radius 3 is 2.44 bits per heavy atom. The summed E-state index contributed by atoms with van der Waals surface area (Å²) in [6, 6.07) is 14.7. The monoisotopic (exact) mass is 357 g/mol. The van der Waals surface area contributed by atoms with Crippen LogP contribution in [0.1, 0.15) is 0 Å². The fourth-order valence-corrected chi connectivity index (χ4v) is 3.08. The zero-order valence-electron chi connectivity index (χ0n) is 13.2. The van der Waals surface area contributed by atoms with Gasteiger partial charge in [0.1, 0.15) is 11.4 Å². The van der Waals surface area contributed by atoms with Crippen LogP contribution in [0, 0.1) is 0 Å².